The zero-order valence-corrected chi connectivity index (χ0v) is 21.5. The molecule has 1 aromatic heterocycles. The molecule has 0 aliphatic carbocycles. The van der Waals surface area contributed by atoms with Gasteiger partial charge in [0.25, 0.3) is 21.6 Å². The number of sulfonamides is 1. The highest BCUT2D eigenvalue weighted by molar-refractivity contribution is 7.92. The predicted molar refractivity (Wildman–Crippen MR) is 139 cm³/mol. The summed E-state index contributed by atoms with van der Waals surface area (Å²) < 4.78 is 39.6. The molecule has 0 bridgehead atoms. The van der Waals surface area contributed by atoms with E-state index in [1.807, 2.05) is 0 Å². The Morgan fingerprint density at radius 2 is 1.71 bits per heavy atom. The molecule has 0 fully saturated rings. The van der Waals surface area contributed by atoms with Crippen LogP contribution in [0.1, 0.15) is 20.7 Å². The molecule has 0 saturated carbocycles. The normalized spacial score (nSPS) is 11.2. The molecule has 4 aromatic rings. The summed E-state index contributed by atoms with van der Waals surface area (Å²) in [7, 11) is -1.78. The van der Waals surface area contributed by atoms with Gasteiger partial charge in [0, 0.05) is 23.2 Å². The highest BCUT2D eigenvalue weighted by Gasteiger charge is 2.30. The first-order chi connectivity index (χ1) is 18.1. The van der Waals surface area contributed by atoms with Gasteiger partial charge in [-0.15, -0.1) is 0 Å². The first kappa shape index (κ1) is 26.4. The maximum Gasteiger partial charge on any atom is 0.340 e. The lowest BCUT2D eigenvalue weighted by Crippen LogP contribution is -2.37. The number of nitro benzene ring substituents is 1. The van der Waals surface area contributed by atoms with Crippen molar-refractivity contribution < 1.29 is 32.4 Å². The van der Waals surface area contributed by atoms with Crippen LogP contribution in [0.2, 0.25) is 0 Å². The summed E-state index contributed by atoms with van der Waals surface area (Å²) in [6.45, 7) is 0.824. The van der Waals surface area contributed by atoms with E-state index in [1.54, 1.807) is 24.3 Å². The lowest BCUT2D eigenvalue weighted by atomic mass is 10.2. The third kappa shape index (κ3) is 4.81. The molecule has 0 atom stereocenters. The molecule has 1 heterocycles. The number of aryl methyl sites for hydroxylation is 1. The zero-order valence-electron chi connectivity index (χ0n) is 20.7. The Bertz CT molecular complexity index is 1660. The molecule has 0 aliphatic heterocycles. The summed E-state index contributed by atoms with van der Waals surface area (Å²) in [6, 6.07) is 16.2. The van der Waals surface area contributed by atoms with Crippen LogP contribution in [0.5, 0.6) is 5.75 Å². The third-order valence-corrected chi connectivity index (χ3v) is 7.76. The first-order valence-electron chi connectivity index (χ1n) is 11.2. The molecule has 0 unspecified atom stereocenters. The van der Waals surface area contributed by atoms with Gasteiger partial charge < -0.3 is 9.47 Å². The average molecular weight is 538 g/mol. The second kappa shape index (κ2) is 10.3. The number of benzene rings is 3. The van der Waals surface area contributed by atoms with Crippen LogP contribution in [-0.4, -0.2) is 50.5 Å². The number of carbonyl (C=O) groups is 2. The number of ether oxygens (including phenoxy) is 2. The van der Waals surface area contributed by atoms with Gasteiger partial charge in [0.2, 0.25) is 0 Å². The summed E-state index contributed by atoms with van der Waals surface area (Å²) in [4.78, 5) is 36.3. The number of carbonyl (C=O) groups excluding carboxylic acids is 2. The van der Waals surface area contributed by atoms with Crippen LogP contribution in [-0.2, 0) is 14.8 Å². The van der Waals surface area contributed by atoms with Gasteiger partial charge in [-0.3, -0.25) is 23.8 Å². The molecule has 0 amide bonds. The molecule has 196 valence electrons. The second-order valence-corrected chi connectivity index (χ2v) is 10.1. The number of hydrogen-bond donors (Lipinski definition) is 0. The van der Waals surface area contributed by atoms with Gasteiger partial charge in [-0.2, -0.15) is 0 Å². The van der Waals surface area contributed by atoms with E-state index in [4.69, 9.17) is 9.47 Å². The number of methoxy groups -OCH3 is 2. The Balaban J connectivity index is 1.83. The summed E-state index contributed by atoms with van der Waals surface area (Å²) in [5.74, 6) is -0.862. The van der Waals surface area contributed by atoms with Gasteiger partial charge in [-0.25, -0.2) is 13.2 Å². The van der Waals surface area contributed by atoms with Crippen LogP contribution in [0.25, 0.3) is 10.9 Å². The van der Waals surface area contributed by atoms with Gasteiger partial charge in [0.15, 0.2) is 0 Å². The van der Waals surface area contributed by atoms with Crippen molar-refractivity contribution in [2.24, 2.45) is 0 Å². The molecular weight excluding hydrogens is 514 g/mol. The minimum absolute atomic E-state index is 0.132. The van der Waals surface area contributed by atoms with E-state index in [0.29, 0.717) is 16.7 Å². The number of rotatable bonds is 8. The van der Waals surface area contributed by atoms with Crippen LogP contribution < -0.4 is 9.04 Å². The molecule has 0 spiro atoms. The molecule has 12 heteroatoms. The Morgan fingerprint density at radius 3 is 2.34 bits per heavy atom. The van der Waals surface area contributed by atoms with Crippen LogP contribution in [0.4, 0.5) is 11.4 Å². The molecule has 0 radical (unpaired) electrons. The summed E-state index contributed by atoms with van der Waals surface area (Å²) >= 11 is 0. The van der Waals surface area contributed by atoms with Gasteiger partial charge in [-0.1, -0.05) is 24.3 Å². The maximum absolute atomic E-state index is 13.8. The van der Waals surface area contributed by atoms with E-state index in [1.165, 1.54) is 68.3 Å². The Hall–Kier alpha value is -4.71. The van der Waals surface area contributed by atoms with Crippen molar-refractivity contribution in [3.8, 4) is 5.75 Å². The van der Waals surface area contributed by atoms with Crippen LogP contribution in [0.3, 0.4) is 0 Å². The minimum atomic E-state index is -4.45. The van der Waals surface area contributed by atoms with Crippen molar-refractivity contribution in [1.29, 1.82) is 0 Å². The largest absolute Gasteiger partial charge is 0.497 e. The standard InChI is InChI=1S/C26H23N3O8S/c1-17-8-13-20(14-24(17)29(32)33)38(34,35)28(18-9-11-19(36-2)12-10-18)16-25(30)27-15-22(26(31)37-3)21-6-4-5-7-23(21)27/h4-15H,16H2,1-3H3. The fourth-order valence-corrected chi connectivity index (χ4v) is 5.43. The zero-order chi connectivity index (χ0) is 27.6. The van der Waals surface area contributed by atoms with Gasteiger partial charge in [-0.05, 0) is 43.3 Å². The predicted octanol–water partition coefficient (Wildman–Crippen LogP) is 4.19. The van der Waals surface area contributed by atoms with Crippen molar-refractivity contribution in [3.05, 3.63) is 94.2 Å². The molecule has 3 aromatic carbocycles. The molecule has 4 rings (SSSR count). The lowest BCUT2D eigenvalue weighted by molar-refractivity contribution is -0.385. The van der Waals surface area contributed by atoms with Crippen molar-refractivity contribution in [2.45, 2.75) is 11.8 Å². The molecule has 0 N–H and O–H groups in total. The molecule has 11 nitrogen and oxygen atoms in total. The number of esters is 1. The summed E-state index contributed by atoms with van der Waals surface area (Å²) in [6.07, 6.45) is 1.30. The van der Waals surface area contributed by atoms with Crippen LogP contribution in [0, 0.1) is 17.0 Å². The summed E-state index contributed by atoms with van der Waals surface area (Å²) in [5, 5.41) is 11.9. The first-order valence-corrected chi connectivity index (χ1v) is 12.7. The Kier molecular flexibility index (Phi) is 7.17. The van der Waals surface area contributed by atoms with Crippen LogP contribution in [0.15, 0.2) is 77.8 Å². The van der Waals surface area contributed by atoms with Gasteiger partial charge >= 0.3 is 5.97 Å². The van der Waals surface area contributed by atoms with Gasteiger partial charge in [0.05, 0.1) is 40.8 Å². The lowest BCUT2D eigenvalue weighted by Gasteiger charge is -2.24. The average Bonchev–Trinajstić information content (AvgIpc) is 3.31. The molecule has 0 saturated heterocycles. The number of anilines is 1. The van der Waals surface area contributed by atoms with E-state index in [2.05, 4.69) is 0 Å². The van der Waals surface area contributed by atoms with Crippen molar-refractivity contribution in [3.63, 3.8) is 0 Å². The Morgan fingerprint density at radius 1 is 1.03 bits per heavy atom. The van der Waals surface area contributed by atoms with Gasteiger partial charge in [0.1, 0.15) is 12.3 Å². The Labute approximate surface area is 218 Å². The molecular formula is C26H23N3O8S. The number of nitrogens with zero attached hydrogens (tertiary/aromatic N) is 3. The quantitative estimate of drug-likeness (QED) is 0.185. The number of nitro groups is 1. The van der Waals surface area contributed by atoms with Crippen molar-refractivity contribution in [1.82, 2.24) is 4.57 Å². The minimum Gasteiger partial charge on any atom is -0.497 e. The SMILES string of the molecule is COC(=O)c1cn(C(=O)CN(c2ccc(OC)cc2)S(=O)(=O)c2ccc(C)c([N+](=O)[O-])c2)c2ccccc12. The monoisotopic (exact) mass is 537 g/mol. The number of para-hydroxylation sites is 1. The number of fused-ring (bicyclic) bond motifs is 1. The second-order valence-electron chi connectivity index (χ2n) is 8.23. The van der Waals surface area contributed by atoms with Crippen LogP contribution >= 0.6 is 0 Å². The van der Waals surface area contributed by atoms with Crippen molar-refractivity contribution >= 4 is 44.2 Å². The van der Waals surface area contributed by atoms with Crippen molar-refractivity contribution in [2.75, 3.05) is 25.1 Å². The van der Waals surface area contributed by atoms with E-state index in [9.17, 15) is 28.1 Å². The van der Waals surface area contributed by atoms with E-state index < -0.39 is 33.4 Å². The fraction of sp³-hybridized carbons (Fsp3) is 0.154. The van der Waals surface area contributed by atoms with E-state index >= 15 is 0 Å². The third-order valence-electron chi connectivity index (χ3n) is 5.99. The number of aromatic nitrogens is 1. The molecule has 38 heavy (non-hydrogen) atoms. The highest BCUT2D eigenvalue weighted by Crippen LogP contribution is 2.30. The summed E-state index contributed by atoms with van der Waals surface area (Å²) in [5.41, 5.74) is 0.578. The molecule has 0 aliphatic rings. The number of hydrogen-bond acceptors (Lipinski definition) is 8. The fourth-order valence-electron chi connectivity index (χ4n) is 3.99. The topological polar surface area (TPSA) is 138 Å². The maximum atomic E-state index is 13.8. The smallest absolute Gasteiger partial charge is 0.340 e. The highest BCUT2D eigenvalue weighted by atomic mass is 32.2. The van der Waals surface area contributed by atoms with E-state index in [0.717, 1.165) is 10.4 Å². The van der Waals surface area contributed by atoms with E-state index in [-0.39, 0.29) is 27.4 Å².